The third-order valence-corrected chi connectivity index (χ3v) is 3.84. The van der Waals surface area contributed by atoms with Crippen molar-refractivity contribution in [3.63, 3.8) is 0 Å². The number of fused-ring (bicyclic) bond motifs is 3. The number of nitrogens with zero attached hydrogens (tertiary/aromatic N) is 1. The number of aromatic amines is 1. The highest BCUT2D eigenvalue weighted by Crippen LogP contribution is 2.43. The maximum absolute atomic E-state index is 6.08. The lowest BCUT2D eigenvalue weighted by Gasteiger charge is -2.40. The van der Waals surface area contributed by atoms with Crippen LogP contribution in [0.15, 0.2) is 36.5 Å². The minimum absolute atomic E-state index is 0.206. The van der Waals surface area contributed by atoms with E-state index in [9.17, 15) is 0 Å². The molecule has 6 nitrogen and oxygen atoms in total. The minimum atomic E-state index is -0.430. The van der Waals surface area contributed by atoms with E-state index in [4.69, 9.17) is 18.9 Å². The van der Waals surface area contributed by atoms with Gasteiger partial charge in [-0.25, -0.2) is 0 Å². The summed E-state index contributed by atoms with van der Waals surface area (Å²) in [6.45, 7) is 0.447. The molecular formula is C15H16N2O4. The summed E-state index contributed by atoms with van der Waals surface area (Å²) in [6, 6.07) is 9.87. The van der Waals surface area contributed by atoms with E-state index >= 15 is 0 Å². The highest BCUT2D eigenvalue weighted by molar-refractivity contribution is 5.25. The van der Waals surface area contributed by atoms with Crippen LogP contribution in [0.3, 0.4) is 0 Å². The molecule has 1 fully saturated rings. The number of benzene rings is 1. The zero-order valence-corrected chi connectivity index (χ0v) is 11.6. The predicted molar refractivity (Wildman–Crippen MR) is 72.2 cm³/mol. The second-order valence-electron chi connectivity index (χ2n) is 5.11. The average molecular weight is 288 g/mol. The predicted octanol–water partition coefficient (Wildman–Crippen LogP) is 2.24. The highest BCUT2D eigenvalue weighted by atomic mass is 16.7. The van der Waals surface area contributed by atoms with Crippen LogP contribution in [0.4, 0.5) is 0 Å². The summed E-state index contributed by atoms with van der Waals surface area (Å²) in [4.78, 5) is 0. The number of rotatable bonds is 2. The number of methoxy groups -OCH3 is 1. The number of hydrogen-bond donors (Lipinski definition) is 1. The molecule has 0 aliphatic carbocycles. The Hall–Kier alpha value is -1.73. The fourth-order valence-electron chi connectivity index (χ4n) is 2.81. The first-order valence-electron chi connectivity index (χ1n) is 6.90. The van der Waals surface area contributed by atoms with Gasteiger partial charge in [0, 0.05) is 12.7 Å². The quantitative estimate of drug-likeness (QED) is 0.918. The molecule has 21 heavy (non-hydrogen) atoms. The van der Waals surface area contributed by atoms with Crippen LogP contribution in [0.25, 0.3) is 0 Å². The minimum Gasteiger partial charge on any atom is -0.352 e. The van der Waals surface area contributed by atoms with Gasteiger partial charge < -0.3 is 18.9 Å². The normalized spacial score (nSPS) is 31.5. The van der Waals surface area contributed by atoms with Gasteiger partial charge in [-0.15, -0.1) is 0 Å². The Balaban J connectivity index is 1.63. The van der Waals surface area contributed by atoms with Gasteiger partial charge in [-0.05, 0) is 0 Å². The lowest BCUT2D eigenvalue weighted by Crippen LogP contribution is -2.41. The molecule has 0 saturated carbocycles. The standard InChI is InChI=1S/C15H16N2O4/c1-18-15-10-7-16-17-12(10)13-11(20-15)8-19-14(21-13)9-5-3-2-4-6-9/h2-7,11,13-15H,8H2,1H3,(H,16,17)/t11-,13-,14-,15+/m1/s1. The monoisotopic (exact) mass is 288 g/mol. The van der Waals surface area contributed by atoms with Gasteiger partial charge in [-0.1, -0.05) is 30.3 Å². The summed E-state index contributed by atoms with van der Waals surface area (Å²) in [5, 5.41) is 7.09. The zero-order valence-electron chi connectivity index (χ0n) is 11.6. The van der Waals surface area contributed by atoms with Crippen LogP contribution < -0.4 is 0 Å². The number of aromatic nitrogens is 2. The van der Waals surface area contributed by atoms with Crippen LogP contribution in [0.5, 0.6) is 0 Å². The van der Waals surface area contributed by atoms with Crippen LogP contribution in [-0.2, 0) is 18.9 Å². The fourth-order valence-corrected chi connectivity index (χ4v) is 2.81. The molecule has 0 bridgehead atoms. The molecule has 0 amide bonds. The molecule has 1 saturated heterocycles. The Labute approximate surface area is 122 Å². The van der Waals surface area contributed by atoms with E-state index in [1.165, 1.54) is 0 Å². The van der Waals surface area contributed by atoms with Gasteiger partial charge in [-0.2, -0.15) is 5.10 Å². The van der Waals surface area contributed by atoms with Crippen molar-refractivity contribution in [2.24, 2.45) is 0 Å². The molecule has 0 radical (unpaired) electrons. The Morgan fingerprint density at radius 1 is 1.24 bits per heavy atom. The van der Waals surface area contributed by atoms with E-state index in [0.717, 1.165) is 16.8 Å². The summed E-state index contributed by atoms with van der Waals surface area (Å²) < 4.78 is 23.1. The lowest BCUT2D eigenvalue weighted by molar-refractivity contribution is -0.307. The Kier molecular flexibility index (Phi) is 3.23. The van der Waals surface area contributed by atoms with E-state index < -0.39 is 12.6 Å². The third-order valence-electron chi connectivity index (χ3n) is 3.84. The largest absolute Gasteiger partial charge is 0.352 e. The molecule has 1 N–H and O–H groups in total. The van der Waals surface area contributed by atoms with Crippen molar-refractivity contribution in [3.8, 4) is 0 Å². The second-order valence-corrected chi connectivity index (χ2v) is 5.11. The van der Waals surface area contributed by atoms with Crippen LogP contribution in [0.2, 0.25) is 0 Å². The number of hydrogen-bond acceptors (Lipinski definition) is 5. The molecule has 110 valence electrons. The van der Waals surface area contributed by atoms with Crippen LogP contribution in [0.1, 0.15) is 35.5 Å². The average Bonchev–Trinajstić information content (AvgIpc) is 3.04. The maximum Gasteiger partial charge on any atom is 0.187 e. The van der Waals surface area contributed by atoms with Crippen molar-refractivity contribution >= 4 is 0 Å². The van der Waals surface area contributed by atoms with Crippen molar-refractivity contribution in [2.75, 3.05) is 13.7 Å². The SMILES string of the molecule is CO[C@H]1O[C@@H]2CO[C@@H](c3ccccc3)O[C@H]2c2[nH]ncc21. The van der Waals surface area contributed by atoms with E-state index in [2.05, 4.69) is 10.2 Å². The molecule has 2 aliphatic rings. The molecular weight excluding hydrogens is 272 g/mol. The molecule has 3 heterocycles. The zero-order chi connectivity index (χ0) is 14.2. The van der Waals surface area contributed by atoms with Crippen molar-refractivity contribution in [1.82, 2.24) is 10.2 Å². The lowest BCUT2D eigenvalue weighted by atomic mass is 10.0. The smallest absolute Gasteiger partial charge is 0.187 e. The molecule has 6 heteroatoms. The molecule has 2 aromatic rings. The van der Waals surface area contributed by atoms with Gasteiger partial charge in [0.15, 0.2) is 12.6 Å². The molecule has 4 atom stereocenters. The van der Waals surface area contributed by atoms with E-state index in [1.807, 2.05) is 30.3 Å². The first-order valence-corrected chi connectivity index (χ1v) is 6.90. The Morgan fingerprint density at radius 2 is 2.10 bits per heavy atom. The van der Waals surface area contributed by atoms with Gasteiger partial charge >= 0.3 is 0 Å². The van der Waals surface area contributed by atoms with Crippen LogP contribution in [-0.4, -0.2) is 30.0 Å². The molecule has 0 unspecified atom stereocenters. The van der Waals surface area contributed by atoms with Crippen LogP contribution in [0, 0.1) is 0 Å². The fraction of sp³-hybridized carbons (Fsp3) is 0.400. The van der Waals surface area contributed by atoms with E-state index in [-0.39, 0.29) is 12.2 Å². The Bertz CT molecular complexity index is 615. The summed E-state index contributed by atoms with van der Waals surface area (Å²) in [6.07, 6.45) is 0.457. The summed E-state index contributed by atoms with van der Waals surface area (Å²) in [7, 11) is 1.61. The first-order chi connectivity index (χ1) is 10.4. The van der Waals surface area contributed by atoms with E-state index in [0.29, 0.717) is 6.61 Å². The van der Waals surface area contributed by atoms with Crippen molar-refractivity contribution < 1.29 is 18.9 Å². The molecule has 4 rings (SSSR count). The van der Waals surface area contributed by atoms with Crippen molar-refractivity contribution in [2.45, 2.75) is 24.8 Å². The number of ether oxygens (including phenoxy) is 4. The van der Waals surface area contributed by atoms with Gasteiger partial charge in [0.2, 0.25) is 0 Å². The first kappa shape index (κ1) is 13.0. The van der Waals surface area contributed by atoms with Gasteiger partial charge in [0.25, 0.3) is 0 Å². The summed E-state index contributed by atoms with van der Waals surface area (Å²) >= 11 is 0. The van der Waals surface area contributed by atoms with Gasteiger partial charge in [-0.3, -0.25) is 5.10 Å². The third kappa shape index (κ3) is 2.16. The van der Waals surface area contributed by atoms with Crippen molar-refractivity contribution in [1.29, 1.82) is 0 Å². The van der Waals surface area contributed by atoms with Crippen LogP contribution >= 0.6 is 0 Å². The molecule has 1 aromatic heterocycles. The van der Waals surface area contributed by atoms with E-state index in [1.54, 1.807) is 13.3 Å². The van der Waals surface area contributed by atoms with Crippen molar-refractivity contribution in [3.05, 3.63) is 53.3 Å². The Morgan fingerprint density at radius 3 is 2.90 bits per heavy atom. The van der Waals surface area contributed by atoms with Gasteiger partial charge in [0.05, 0.1) is 24.1 Å². The highest BCUT2D eigenvalue weighted by Gasteiger charge is 2.43. The molecule has 0 spiro atoms. The summed E-state index contributed by atoms with van der Waals surface area (Å²) in [5.74, 6) is 0. The second kappa shape index (κ2) is 5.23. The summed E-state index contributed by atoms with van der Waals surface area (Å²) in [5.41, 5.74) is 2.78. The number of H-pyrrole nitrogens is 1. The molecule has 1 aromatic carbocycles. The number of nitrogens with one attached hydrogen (secondary N) is 1. The maximum atomic E-state index is 6.08. The topological polar surface area (TPSA) is 65.6 Å². The van der Waals surface area contributed by atoms with Gasteiger partial charge in [0.1, 0.15) is 12.2 Å². The molecule has 2 aliphatic heterocycles.